The first kappa shape index (κ1) is 39.1. The largest absolute Gasteiger partial charge is 0.376 e. The molecule has 3 aliphatic heterocycles. The predicted octanol–water partition coefficient (Wildman–Crippen LogP) is 14.1. The Hall–Kier alpha value is -6.14. The molecule has 2 nitrogen and oxygen atoms in total. The summed E-state index contributed by atoms with van der Waals surface area (Å²) in [5.74, 6) is 0. The zero-order valence-corrected chi connectivity index (χ0v) is 41.5. The molecule has 8 aromatic carbocycles. The van der Waals surface area contributed by atoms with Gasteiger partial charge in [0.15, 0.2) is 0 Å². The number of thiophene rings is 1. The molecule has 0 N–H and O–H groups in total. The highest BCUT2D eigenvalue weighted by atomic mass is 32.1. The molecule has 1 aliphatic carbocycles. The number of rotatable bonds is 1. The van der Waals surface area contributed by atoms with Crippen LogP contribution in [0.4, 0.5) is 11.4 Å². The van der Waals surface area contributed by atoms with Gasteiger partial charge in [0.2, 0.25) is 0 Å². The fraction of sp³-hybridized carbons (Fsp3) is 0.213. The standard InChI is InChI=1S/C61H53BN2SSi/c1-59(2,3)34-23-26-36(27-24-34)64-48-31-41-38-18-12-15-21-50(38)65-51(41)32-43(48)53-54-39-19-13-16-22-52(39)66(9,10)58(54)55-42-29-35(60(4,5)6)25-28-47(42)63-49-30-40-37-17-11-14-20-44(37)61(7,8)45(40)33-46(49)62(64)56(53)57(55)63/h11-33H,1-10H3. The molecule has 0 bridgehead atoms. The molecule has 0 amide bonds. The van der Waals surface area contributed by atoms with Crippen molar-refractivity contribution in [2.75, 3.05) is 4.81 Å². The van der Waals surface area contributed by atoms with Crippen LogP contribution in [0.15, 0.2) is 140 Å². The van der Waals surface area contributed by atoms with Crippen LogP contribution in [0.3, 0.4) is 0 Å². The average Bonchev–Trinajstić information content (AvgIpc) is 3.97. The van der Waals surface area contributed by atoms with Crippen molar-refractivity contribution in [3.8, 4) is 39.1 Å². The Morgan fingerprint density at radius 2 is 1.26 bits per heavy atom. The second kappa shape index (κ2) is 12.4. The van der Waals surface area contributed by atoms with Crippen LogP contribution in [0.1, 0.15) is 77.6 Å². The lowest BCUT2D eigenvalue weighted by Gasteiger charge is -2.43. The summed E-state index contributed by atoms with van der Waals surface area (Å²) in [6.07, 6.45) is 0. The first-order valence-electron chi connectivity index (χ1n) is 24.0. The van der Waals surface area contributed by atoms with Gasteiger partial charge in [-0.05, 0) is 131 Å². The molecule has 0 saturated carbocycles. The monoisotopic (exact) mass is 884 g/mol. The lowest BCUT2D eigenvalue weighted by molar-refractivity contribution is 0.590. The maximum Gasteiger partial charge on any atom is 0.333 e. The van der Waals surface area contributed by atoms with Gasteiger partial charge in [0.1, 0.15) is 8.07 Å². The zero-order chi connectivity index (χ0) is 45.1. The smallest absolute Gasteiger partial charge is 0.333 e. The molecule has 0 spiro atoms. The van der Waals surface area contributed by atoms with E-state index in [-0.39, 0.29) is 23.1 Å². The van der Waals surface area contributed by atoms with Crippen molar-refractivity contribution < 1.29 is 0 Å². The van der Waals surface area contributed by atoms with Gasteiger partial charge in [0.05, 0.1) is 11.0 Å². The van der Waals surface area contributed by atoms with Crippen molar-refractivity contribution in [2.45, 2.75) is 84.7 Å². The highest BCUT2D eigenvalue weighted by Gasteiger charge is 2.51. The van der Waals surface area contributed by atoms with Gasteiger partial charge in [0.25, 0.3) is 0 Å². The number of fused-ring (bicyclic) bond motifs is 19. The molecular weight excluding hydrogens is 832 g/mol. The second-order valence-corrected chi connectivity index (χ2v) is 28.3. The van der Waals surface area contributed by atoms with E-state index in [9.17, 15) is 0 Å². The third-order valence-electron chi connectivity index (χ3n) is 16.4. The second-order valence-electron chi connectivity index (χ2n) is 22.9. The quantitative estimate of drug-likeness (QED) is 0.149. The molecule has 0 atom stereocenters. The number of benzene rings is 8. The Kier molecular flexibility index (Phi) is 7.36. The Labute approximate surface area is 393 Å². The Morgan fingerprint density at radius 3 is 2.03 bits per heavy atom. The molecular formula is C61H53BN2SSi. The van der Waals surface area contributed by atoms with Gasteiger partial charge < -0.3 is 9.38 Å². The molecule has 0 saturated heterocycles. The van der Waals surface area contributed by atoms with E-state index in [2.05, 4.69) is 217 Å². The van der Waals surface area contributed by atoms with E-state index in [0.29, 0.717) is 0 Å². The summed E-state index contributed by atoms with van der Waals surface area (Å²) < 4.78 is 5.44. The molecule has 66 heavy (non-hydrogen) atoms. The van der Waals surface area contributed by atoms with Crippen LogP contribution in [0.2, 0.25) is 13.1 Å². The van der Waals surface area contributed by atoms with Crippen LogP contribution in [0, 0.1) is 0 Å². The molecule has 5 heteroatoms. The van der Waals surface area contributed by atoms with Crippen molar-refractivity contribution in [1.29, 1.82) is 0 Å². The van der Waals surface area contributed by atoms with E-state index in [0.717, 1.165) is 0 Å². The van der Waals surface area contributed by atoms with Crippen molar-refractivity contribution >= 4 is 101 Å². The van der Waals surface area contributed by atoms with Crippen LogP contribution in [-0.2, 0) is 16.2 Å². The van der Waals surface area contributed by atoms with Crippen LogP contribution in [-0.4, -0.2) is 19.5 Å². The minimum absolute atomic E-state index is 0.00276. The van der Waals surface area contributed by atoms with Crippen LogP contribution in [0.5, 0.6) is 0 Å². The Balaban J connectivity index is 1.24. The highest BCUT2D eigenvalue weighted by molar-refractivity contribution is 7.25. The van der Waals surface area contributed by atoms with Gasteiger partial charge >= 0.3 is 6.85 Å². The minimum atomic E-state index is -2.28. The summed E-state index contributed by atoms with van der Waals surface area (Å²) in [5.41, 5.74) is 23.3. The first-order chi connectivity index (χ1) is 31.5. The first-order valence-corrected chi connectivity index (χ1v) is 27.8. The lowest BCUT2D eigenvalue weighted by Crippen LogP contribution is -2.61. The normalized spacial score (nSPS) is 15.9. The summed E-state index contributed by atoms with van der Waals surface area (Å²) in [6, 6.07) is 55.3. The fourth-order valence-electron chi connectivity index (χ4n) is 13.1. The predicted molar refractivity (Wildman–Crippen MR) is 290 cm³/mol. The van der Waals surface area contributed by atoms with E-state index >= 15 is 0 Å². The van der Waals surface area contributed by atoms with Gasteiger partial charge in [-0.15, -0.1) is 11.3 Å². The average molecular weight is 885 g/mol. The number of hydrogen-bond donors (Lipinski definition) is 0. The highest BCUT2D eigenvalue weighted by Crippen LogP contribution is 2.55. The molecule has 0 unspecified atom stereocenters. The van der Waals surface area contributed by atoms with Gasteiger partial charge in [-0.25, -0.2) is 0 Å². The molecule has 10 aromatic rings. The SMILES string of the molecule is CC(C)(C)c1ccc(N2B3c4cc5c(cc4-n4c6ccc(C(C)(C)C)cc6c6c7c(c(c3c64)-c3cc4sc6ccccc6c4cc32)-c2ccccc2[Si]7(C)C)-c2ccccc2C5(C)C)cc1. The van der Waals surface area contributed by atoms with Crippen LogP contribution >= 0.6 is 11.3 Å². The Morgan fingerprint density at radius 1 is 0.561 bits per heavy atom. The molecule has 0 radical (unpaired) electrons. The van der Waals surface area contributed by atoms with Crippen LogP contribution < -0.4 is 26.1 Å². The third-order valence-corrected chi connectivity index (χ3v) is 21.1. The molecule has 320 valence electrons. The van der Waals surface area contributed by atoms with Gasteiger partial charge in [0, 0.05) is 59.0 Å². The van der Waals surface area contributed by atoms with Crippen molar-refractivity contribution in [3.63, 3.8) is 0 Å². The topological polar surface area (TPSA) is 8.17 Å². The van der Waals surface area contributed by atoms with E-state index in [4.69, 9.17) is 0 Å². The molecule has 5 heterocycles. The Bertz CT molecular complexity index is 3850. The zero-order valence-electron chi connectivity index (χ0n) is 39.7. The summed E-state index contributed by atoms with van der Waals surface area (Å²) in [7, 11) is -2.28. The van der Waals surface area contributed by atoms with Crippen molar-refractivity contribution in [3.05, 3.63) is 162 Å². The van der Waals surface area contributed by atoms with Crippen molar-refractivity contribution in [2.24, 2.45) is 0 Å². The van der Waals surface area contributed by atoms with E-state index < -0.39 is 8.07 Å². The molecule has 0 fully saturated rings. The van der Waals surface area contributed by atoms with Crippen LogP contribution in [0.25, 0.3) is 81.0 Å². The van der Waals surface area contributed by atoms with E-state index in [1.54, 1.807) is 10.4 Å². The van der Waals surface area contributed by atoms with E-state index in [1.165, 1.54) is 126 Å². The maximum absolute atomic E-state index is 2.77. The van der Waals surface area contributed by atoms with Gasteiger partial charge in [-0.1, -0.05) is 159 Å². The maximum atomic E-state index is 2.77. The van der Waals surface area contributed by atoms with Gasteiger partial charge in [-0.2, -0.15) is 0 Å². The number of aromatic nitrogens is 1. The van der Waals surface area contributed by atoms with Crippen molar-refractivity contribution in [1.82, 2.24) is 4.57 Å². The number of hydrogen-bond acceptors (Lipinski definition) is 2. The fourth-order valence-corrected chi connectivity index (χ4v) is 17.7. The molecule has 2 aromatic heterocycles. The summed E-state index contributed by atoms with van der Waals surface area (Å²) in [5, 5.41) is 8.70. The molecule has 4 aliphatic rings. The lowest BCUT2D eigenvalue weighted by atomic mass is 9.43. The third kappa shape index (κ3) is 4.78. The minimum Gasteiger partial charge on any atom is -0.376 e. The molecule has 14 rings (SSSR count). The van der Waals surface area contributed by atoms with Gasteiger partial charge in [-0.3, -0.25) is 0 Å². The number of anilines is 2. The summed E-state index contributed by atoms with van der Waals surface area (Å²) in [4.78, 5) is 2.77. The number of nitrogens with zero attached hydrogens (tertiary/aromatic N) is 2. The summed E-state index contributed by atoms with van der Waals surface area (Å²) in [6.45, 7) is 24.2. The van der Waals surface area contributed by atoms with E-state index in [1.807, 2.05) is 11.3 Å². The summed E-state index contributed by atoms with van der Waals surface area (Å²) >= 11 is 1.94.